The van der Waals surface area contributed by atoms with Gasteiger partial charge >= 0.3 is 0 Å². The van der Waals surface area contributed by atoms with E-state index < -0.39 is 5.50 Å². The maximum absolute atomic E-state index is 11.4. The summed E-state index contributed by atoms with van der Waals surface area (Å²) in [7, 11) is 0. The molecule has 1 aromatic carbocycles. The molecular formula is C9H8ClNO2. The van der Waals surface area contributed by atoms with E-state index in [1.54, 1.807) is 30.3 Å². The third-order valence-electron chi connectivity index (χ3n) is 1.50. The zero-order chi connectivity index (χ0) is 9.68. The normalized spacial score (nSPS) is 11.8. The third-order valence-corrected chi connectivity index (χ3v) is 1.83. The van der Waals surface area contributed by atoms with Gasteiger partial charge in [0, 0.05) is 5.56 Å². The quantitative estimate of drug-likeness (QED) is 0.341. The lowest BCUT2D eigenvalue weighted by atomic mass is 10.1. The minimum Gasteiger partial charge on any atom is -0.336 e. The maximum atomic E-state index is 11.4. The molecule has 0 radical (unpaired) electrons. The first-order chi connectivity index (χ1) is 6.25. The van der Waals surface area contributed by atoms with Crippen LogP contribution < -0.4 is 5.32 Å². The molecule has 4 heteroatoms. The summed E-state index contributed by atoms with van der Waals surface area (Å²) < 4.78 is 0. The Morgan fingerprint density at radius 1 is 1.38 bits per heavy atom. The molecule has 3 nitrogen and oxygen atoms in total. The SMILES string of the molecule is O=CNC(Cl)C(=O)c1ccccc1. The Hall–Kier alpha value is -1.35. The lowest BCUT2D eigenvalue weighted by molar-refractivity contribution is -0.109. The minimum atomic E-state index is -0.986. The third kappa shape index (κ3) is 2.56. The van der Waals surface area contributed by atoms with Crippen LogP contribution in [0.4, 0.5) is 0 Å². The van der Waals surface area contributed by atoms with Gasteiger partial charge in [0.05, 0.1) is 0 Å². The molecule has 1 N–H and O–H groups in total. The summed E-state index contributed by atoms with van der Waals surface area (Å²) in [4.78, 5) is 21.4. The number of hydrogen-bond donors (Lipinski definition) is 1. The van der Waals surface area contributed by atoms with Gasteiger partial charge in [0.1, 0.15) is 0 Å². The second kappa shape index (κ2) is 4.62. The van der Waals surface area contributed by atoms with E-state index in [-0.39, 0.29) is 5.78 Å². The molecule has 0 aliphatic heterocycles. The van der Waals surface area contributed by atoms with Crippen molar-refractivity contribution in [1.29, 1.82) is 0 Å². The lowest BCUT2D eigenvalue weighted by Crippen LogP contribution is -2.30. The van der Waals surface area contributed by atoms with Crippen LogP contribution >= 0.6 is 11.6 Å². The molecule has 0 fully saturated rings. The van der Waals surface area contributed by atoms with Crippen molar-refractivity contribution in [2.75, 3.05) is 0 Å². The topological polar surface area (TPSA) is 46.2 Å². The summed E-state index contributed by atoms with van der Waals surface area (Å²) >= 11 is 5.57. The number of rotatable bonds is 4. The summed E-state index contributed by atoms with van der Waals surface area (Å²) in [5, 5.41) is 2.18. The van der Waals surface area contributed by atoms with Crippen molar-refractivity contribution in [1.82, 2.24) is 5.32 Å². The number of benzene rings is 1. The second-order valence-corrected chi connectivity index (χ2v) is 2.81. The maximum Gasteiger partial charge on any atom is 0.208 e. The van der Waals surface area contributed by atoms with Crippen molar-refractivity contribution in [3.05, 3.63) is 35.9 Å². The second-order valence-electron chi connectivity index (χ2n) is 2.38. The van der Waals surface area contributed by atoms with Crippen molar-refractivity contribution in [2.24, 2.45) is 0 Å². The Morgan fingerprint density at radius 3 is 2.54 bits per heavy atom. The highest BCUT2D eigenvalue weighted by atomic mass is 35.5. The predicted octanol–water partition coefficient (Wildman–Crippen LogP) is 1.18. The van der Waals surface area contributed by atoms with Gasteiger partial charge in [0.2, 0.25) is 6.41 Å². The van der Waals surface area contributed by atoms with Gasteiger partial charge in [0.15, 0.2) is 11.3 Å². The Balaban J connectivity index is 2.73. The largest absolute Gasteiger partial charge is 0.336 e. The molecular weight excluding hydrogens is 190 g/mol. The van der Waals surface area contributed by atoms with Crippen molar-refractivity contribution in [3.63, 3.8) is 0 Å². The Morgan fingerprint density at radius 2 is 2.00 bits per heavy atom. The summed E-state index contributed by atoms with van der Waals surface area (Å²) in [5.41, 5.74) is -0.503. The van der Waals surface area contributed by atoms with Crippen LogP contribution in [0, 0.1) is 0 Å². The van der Waals surface area contributed by atoms with E-state index in [2.05, 4.69) is 5.32 Å². The van der Waals surface area contributed by atoms with Gasteiger partial charge in [0.25, 0.3) is 0 Å². The van der Waals surface area contributed by atoms with E-state index in [9.17, 15) is 9.59 Å². The molecule has 13 heavy (non-hydrogen) atoms. The van der Waals surface area contributed by atoms with Gasteiger partial charge in [-0.15, -0.1) is 0 Å². The fourth-order valence-corrected chi connectivity index (χ4v) is 1.06. The van der Waals surface area contributed by atoms with E-state index in [4.69, 9.17) is 11.6 Å². The molecule has 1 unspecified atom stereocenters. The number of carbonyl (C=O) groups excluding carboxylic acids is 2. The fourth-order valence-electron chi connectivity index (χ4n) is 0.884. The fraction of sp³-hybridized carbons (Fsp3) is 0.111. The van der Waals surface area contributed by atoms with Crippen molar-refractivity contribution >= 4 is 23.8 Å². The molecule has 0 aliphatic carbocycles. The average Bonchev–Trinajstić information content (AvgIpc) is 2.18. The molecule has 0 aromatic heterocycles. The van der Waals surface area contributed by atoms with Crippen LogP contribution in [0.5, 0.6) is 0 Å². The van der Waals surface area contributed by atoms with Crippen molar-refractivity contribution < 1.29 is 9.59 Å². The van der Waals surface area contributed by atoms with E-state index in [1.807, 2.05) is 0 Å². The minimum absolute atomic E-state index is 0.311. The first-order valence-electron chi connectivity index (χ1n) is 3.68. The standard InChI is InChI=1S/C9H8ClNO2/c10-9(11-6-12)8(13)7-4-2-1-3-5-7/h1-6,9H,(H,11,12). The Kier molecular flexibility index (Phi) is 3.46. The van der Waals surface area contributed by atoms with Gasteiger partial charge in [-0.25, -0.2) is 0 Å². The number of hydrogen-bond acceptors (Lipinski definition) is 2. The van der Waals surface area contributed by atoms with Crippen LogP contribution in [0.2, 0.25) is 0 Å². The summed E-state index contributed by atoms with van der Waals surface area (Å²) in [6, 6.07) is 8.55. The number of nitrogens with one attached hydrogen (secondary N) is 1. The van der Waals surface area contributed by atoms with Crippen LogP contribution in [0.25, 0.3) is 0 Å². The smallest absolute Gasteiger partial charge is 0.208 e. The van der Waals surface area contributed by atoms with Gasteiger partial charge in [-0.1, -0.05) is 41.9 Å². The first-order valence-corrected chi connectivity index (χ1v) is 4.12. The van der Waals surface area contributed by atoms with E-state index in [0.717, 1.165) is 0 Å². The van der Waals surface area contributed by atoms with E-state index in [0.29, 0.717) is 12.0 Å². The lowest BCUT2D eigenvalue weighted by Gasteiger charge is -2.05. The zero-order valence-corrected chi connectivity index (χ0v) is 7.49. The van der Waals surface area contributed by atoms with Gasteiger partial charge < -0.3 is 5.32 Å². The van der Waals surface area contributed by atoms with Crippen molar-refractivity contribution in [2.45, 2.75) is 5.50 Å². The number of Topliss-reactive ketones (excluding diaryl/α,β-unsaturated/α-hetero) is 1. The van der Waals surface area contributed by atoms with E-state index in [1.165, 1.54) is 0 Å². The summed E-state index contributed by atoms with van der Waals surface area (Å²) in [6.07, 6.45) is 0.401. The molecule has 0 spiro atoms. The average molecular weight is 198 g/mol. The Bertz CT molecular complexity index is 300. The van der Waals surface area contributed by atoms with Gasteiger partial charge in [-0.3, -0.25) is 9.59 Å². The molecule has 1 atom stereocenters. The van der Waals surface area contributed by atoms with Crippen LogP contribution in [-0.4, -0.2) is 17.7 Å². The first kappa shape index (κ1) is 9.74. The number of halogens is 1. The highest BCUT2D eigenvalue weighted by molar-refractivity contribution is 6.34. The Labute approximate surface area is 80.7 Å². The molecule has 0 heterocycles. The molecule has 68 valence electrons. The number of amides is 1. The molecule has 0 saturated carbocycles. The molecule has 1 amide bonds. The van der Waals surface area contributed by atoms with Crippen LogP contribution in [0.1, 0.15) is 10.4 Å². The molecule has 1 aromatic rings. The van der Waals surface area contributed by atoms with Crippen LogP contribution in [-0.2, 0) is 4.79 Å². The monoisotopic (exact) mass is 197 g/mol. The van der Waals surface area contributed by atoms with Crippen LogP contribution in [0.15, 0.2) is 30.3 Å². The van der Waals surface area contributed by atoms with Crippen LogP contribution in [0.3, 0.4) is 0 Å². The van der Waals surface area contributed by atoms with Gasteiger partial charge in [-0.05, 0) is 0 Å². The highest BCUT2D eigenvalue weighted by Crippen LogP contribution is 2.05. The van der Waals surface area contributed by atoms with Crippen molar-refractivity contribution in [3.8, 4) is 0 Å². The number of carbonyl (C=O) groups is 2. The molecule has 0 aliphatic rings. The predicted molar refractivity (Wildman–Crippen MR) is 49.6 cm³/mol. The number of ketones is 1. The highest BCUT2D eigenvalue weighted by Gasteiger charge is 2.15. The summed E-state index contributed by atoms with van der Waals surface area (Å²) in [6.45, 7) is 0. The zero-order valence-electron chi connectivity index (χ0n) is 6.74. The molecule has 0 bridgehead atoms. The molecule has 0 saturated heterocycles. The molecule has 1 rings (SSSR count). The number of alkyl halides is 1. The van der Waals surface area contributed by atoms with E-state index >= 15 is 0 Å². The summed E-state index contributed by atoms with van der Waals surface area (Å²) in [5.74, 6) is -0.311. The van der Waals surface area contributed by atoms with Gasteiger partial charge in [-0.2, -0.15) is 0 Å².